The maximum absolute atomic E-state index is 12.9. The molecule has 0 spiro atoms. The van der Waals surface area contributed by atoms with Crippen molar-refractivity contribution in [2.75, 3.05) is 26.4 Å². The fraction of sp³-hybridized carbons (Fsp3) is 0.500. The Morgan fingerprint density at radius 3 is 2.95 bits per heavy atom. The number of nitrogens with one attached hydrogen (secondary N) is 1. The van der Waals surface area contributed by atoms with E-state index in [0.29, 0.717) is 25.5 Å². The lowest BCUT2D eigenvalue weighted by Crippen LogP contribution is -2.48. The molecule has 2 rings (SSSR count). The van der Waals surface area contributed by atoms with Crippen LogP contribution in [0.2, 0.25) is 0 Å². The maximum atomic E-state index is 12.9. The minimum absolute atomic E-state index is 0.0653. The van der Waals surface area contributed by atoms with Crippen molar-refractivity contribution < 1.29 is 18.7 Å². The highest BCUT2D eigenvalue weighted by Crippen LogP contribution is 2.25. The number of hydrogen-bond acceptors (Lipinski definition) is 3. The summed E-state index contributed by atoms with van der Waals surface area (Å²) in [5, 5.41) is 2.85. The number of halogens is 1. The zero-order valence-electron chi connectivity index (χ0n) is 10.9. The Balaban J connectivity index is 1.63. The van der Waals surface area contributed by atoms with Gasteiger partial charge < -0.3 is 14.8 Å². The summed E-state index contributed by atoms with van der Waals surface area (Å²) < 4.78 is 23.3. The number of rotatable bonds is 6. The van der Waals surface area contributed by atoms with Crippen molar-refractivity contribution in [3.8, 4) is 5.75 Å². The van der Waals surface area contributed by atoms with Crippen LogP contribution in [0, 0.1) is 11.2 Å². The summed E-state index contributed by atoms with van der Waals surface area (Å²) in [6, 6.07) is 5.88. The van der Waals surface area contributed by atoms with Crippen LogP contribution < -0.4 is 10.1 Å². The normalized spacial score (nSPS) is 16.5. The van der Waals surface area contributed by atoms with Gasteiger partial charge in [0.2, 0.25) is 5.91 Å². The summed E-state index contributed by atoms with van der Waals surface area (Å²) in [5.74, 6) is 0.0246. The zero-order chi connectivity index (χ0) is 13.7. The van der Waals surface area contributed by atoms with E-state index in [1.54, 1.807) is 12.1 Å². The first-order valence-corrected chi connectivity index (χ1v) is 6.30. The third kappa shape index (κ3) is 4.21. The topological polar surface area (TPSA) is 47.6 Å². The van der Waals surface area contributed by atoms with Gasteiger partial charge in [-0.15, -0.1) is 0 Å². The summed E-state index contributed by atoms with van der Waals surface area (Å²) in [6.45, 7) is 4.30. The maximum Gasteiger partial charge on any atom is 0.223 e. The van der Waals surface area contributed by atoms with Crippen LogP contribution in [0.25, 0.3) is 0 Å². The molecule has 1 heterocycles. The van der Waals surface area contributed by atoms with Crippen LogP contribution in [0.4, 0.5) is 4.39 Å². The van der Waals surface area contributed by atoms with Crippen molar-refractivity contribution in [2.24, 2.45) is 5.41 Å². The molecule has 1 amide bonds. The predicted molar refractivity (Wildman–Crippen MR) is 68.4 cm³/mol. The second-order valence-electron chi connectivity index (χ2n) is 5.14. The highest BCUT2D eigenvalue weighted by atomic mass is 19.1. The van der Waals surface area contributed by atoms with E-state index in [1.807, 2.05) is 0 Å². The third-order valence-electron chi connectivity index (χ3n) is 3.01. The van der Waals surface area contributed by atoms with E-state index in [0.717, 1.165) is 0 Å². The monoisotopic (exact) mass is 267 g/mol. The number of carbonyl (C=O) groups is 1. The first-order valence-electron chi connectivity index (χ1n) is 6.30. The molecule has 0 unspecified atom stereocenters. The molecule has 0 aliphatic carbocycles. The third-order valence-corrected chi connectivity index (χ3v) is 3.01. The molecule has 1 aliphatic heterocycles. The van der Waals surface area contributed by atoms with Gasteiger partial charge in [-0.1, -0.05) is 13.0 Å². The highest BCUT2D eigenvalue weighted by molar-refractivity contribution is 5.76. The Morgan fingerprint density at radius 2 is 2.32 bits per heavy atom. The Bertz CT molecular complexity index is 446. The Kier molecular flexibility index (Phi) is 4.37. The van der Waals surface area contributed by atoms with Gasteiger partial charge in [0.15, 0.2) is 0 Å². The predicted octanol–water partition coefficient (Wildman–Crippen LogP) is 1.75. The fourth-order valence-electron chi connectivity index (χ4n) is 1.77. The second-order valence-corrected chi connectivity index (χ2v) is 5.14. The van der Waals surface area contributed by atoms with Gasteiger partial charge in [-0.3, -0.25) is 4.79 Å². The lowest BCUT2D eigenvalue weighted by atomic mass is 9.89. The van der Waals surface area contributed by atoms with E-state index in [4.69, 9.17) is 9.47 Å². The average molecular weight is 267 g/mol. The van der Waals surface area contributed by atoms with E-state index in [1.165, 1.54) is 12.1 Å². The van der Waals surface area contributed by atoms with Crippen LogP contribution in [-0.2, 0) is 9.53 Å². The SMILES string of the molecule is CC1(CNC(=O)CCOc2cccc(F)c2)COC1. The van der Waals surface area contributed by atoms with Gasteiger partial charge in [0.1, 0.15) is 11.6 Å². The van der Waals surface area contributed by atoms with Crippen LogP contribution in [0.1, 0.15) is 13.3 Å². The lowest BCUT2D eigenvalue weighted by molar-refractivity contribution is -0.127. The molecule has 1 fully saturated rings. The molecule has 4 nitrogen and oxygen atoms in total. The van der Waals surface area contributed by atoms with Gasteiger partial charge in [0.05, 0.1) is 26.2 Å². The smallest absolute Gasteiger partial charge is 0.223 e. The van der Waals surface area contributed by atoms with Gasteiger partial charge in [-0.05, 0) is 12.1 Å². The Hall–Kier alpha value is -1.62. The van der Waals surface area contributed by atoms with Crippen LogP contribution in [0.3, 0.4) is 0 Å². The molecular formula is C14H18FNO3. The summed E-state index contributed by atoms with van der Waals surface area (Å²) >= 11 is 0. The first kappa shape index (κ1) is 13.8. The van der Waals surface area contributed by atoms with Crippen molar-refractivity contribution in [1.29, 1.82) is 0 Å². The summed E-state index contributed by atoms with van der Waals surface area (Å²) in [6.07, 6.45) is 0.257. The molecule has 104 valence electrons. The summed E-state index contributed by atoms with van der Waals surface area (Å²) in [7, 11) is 0. The molecule has 1 aromatic carbocycles. The van der Waals surface area contributed by atoms with Crippen LogP contribution in [-0.4, -0.2) is 32.3 Å². The van der Waals surface area contributed by atoms with E-state index >= 15 is 0 Å². The minimum atomic E-state index is -0.347. The van der Waals surface area contributed by atoms with Crippen LogP contribution in [0.15, 0.2) is 24.3 Å². The van der Waals surface area contributed by atoms with E-state index in [2.05, 4.69) is 12.2 Å². The molecule has 1 aromatic rings. The molecule has 0 atom stereocenters. The number of hydrogen-bond donors (Lipinski definition) is 1. The van der Waals surface area contributed by atoms with Gasteiger partial charge in [0.25, 0.3) is 0 Å². The molecule has 1 saturated heterocycles. The number of amides is 1. The standard InChI is InChI=1S/C14H18FNO3/c1-14(9-18-10-14)8-16-13(17)5-6-19-12-4-2-3-11(15)7-12/h2-4,7H,5-6,8-10H2,1H3,(H,16,17). The van der Waals surface area contributed by atoms with Gasteiger partial charge >= 0.3 is 0 Å². The summed E-state index contributed by atoms with van der Waals surface area (Å²) in [4.78, 5) is 11.6. The molecule has 1 aliphatic rings. The molecule has 0 radical (unpaired) electrons. The average Bonchev–Trinajstić information content (AvgIpc) is 2.34. The van der Waals surface area contributed by atoms with Crippen LogP contribution in [0.5, 0.6) is 5.75 Å². The van der Waals surface area contributed by atoms with Crippen LogP contribution >= 0.6 is 0 Å². The molecule has 0 saturated carbocycles. The van der Waals surface area contributed by atoms with Crippen molar-refractivity contribution >= 4 is 5.91 Å². The quantitative estimate of drug-likeness (QED) is 0.854. The molecule has 19 heavy (non-hydrogen) atoms. The Morgan fingerprint density at radius 1 is 1.53 bits per heavy atom. The molecule has 5 heteroatoms. The number of carbonyl (C=O) groups excluding carboxylic acids is 1. The first-order chi connectivity index (χ1) is 9.07. The second kappa shape index (κ2) is 6.02. The van der Waals surface area contributed by atoms with E-state index in [-0.39, 0.29) is 30.2 Å². The fourth-order valence-corrected chi connectivity index (χ4v) is 1.77. The Labute approximate surface area is 111 Å². The van der Waals surface area contributed by atoms with Gasteiger partial charge in [-0.2, -0.15) is 0 Å². The number of benzene rings is 1. The van der Waals surface area contributed by atoms with Gasteiger partial charge in [0, 0.05) is 18.0 Å². The highest BCUT2D eigenvalue weighted by Gasteiger charge is 2.33. The lowest BCUT2D eigenvalue weighted by Gasteiger charge is -2.38. The van der Waals surface area contributed by atoms with E-state index < -0.39 is 0 Å². The molecule has 0 bridgehead atoms. The van der Waals surface area contributed by atoms with Crippen molar-refractivity contribution in [1.82, 2.24) is 5.32 Å². The molecule has 0 aromatic heterocycles. The van der Waals surface area contributed by atoms with Crippen molar-refractivity contribution in [3.63, 3.8) is 0 Å². The largest absolute Gasteiger partial charge is 0.493 e. The van der Waals surface area contributed by atoms with Gasteiger partial charge in [-0.25, -0.2) is 4.39 Å². The molecule has 1 N–H and O–H groups in total. The van der Waals surface area contributed by atoms with Crippen molar-refractivity contribution in [3.05, 3.63) is 30.1 Å². The number of ether oxygens (including phenoxy) is 2. The minimum Gasteiger partial charge on any atom is -0.493 e. The molecular weight excluding hydrogens is 249 g/mol. The van der Waals surface area contributed by atoms with Crippen molar-refractivity contribution in [2.45, 2.75) is 13.3 Å². The van der Waals surface area contributed by atoms with E-state index in [9.17, 15) is 9.18 Å². The zero-order valence-corrected chi connectivity index (χ0v) is 10.9. The summed E-state index contributed by atoms with van der Waals surface area (Å²) in [5.41, 5.74) is 0.0685.